The van der Waals surface area contributed by atoms with E-state index in [1.54, 1.807) is 0 Å². The first-order valence-electron chi connectivity index (χ1n) is 4.36. The number of anilines is 1. The van der Waals surface area contributed by atoms with Crippen LogP contribution in [0.4, 0.5) is 5.69 Å². The molecule has 0 fully saturated rings. The Morgan fingerprint density at radius 1 is 1.64 bits per heavy atom. The van der Waals surface area contributed by atoms with Gasteiger partial charge in [-0.3, -0.25) is 0 Å². The second kappa shape index (κ2) is 3.89. The zero-order valence-corrected chi connectivity index (χ0v) is 9.04. The van der Waals surface area contributed by atoms with Crippen LogP contribution in [0.3, 0.4) is 0 Å². The average Bonchev–Trinajstić information content (AvgIpc) is 2.18. The van der Waals surface area contributed by atoms with Crippen molar-refractivity contribution in [2.75, 3.05) is 11.9 Å². The zero-order chi connectivity index (χ0) is 9.97. The number of nitriles is 1. The number of para-hydroxylation sites is 1. The highest BCUT2D eigenvalue weighted by atomic mass is 79.9. The molecule has 1 N–H and O–H groups in total. The molecule has 0 spiro atoms. The van der Waals surface area contributed by atoms with E-state index < -0.39 is 0 Å². The van der Waals surface area contributed by atoms with Gasteiger partial charge in [0.15, 0.2) is 5.75 Å². The Morgan fingerprint density at radius 3 is 3.29 bits per heavy atom. The van der Waals surface area contributed by atoms with Crippen LogP contribution in [0.25, 0.3) is 0 Å². The normalized spacial score (nSPS) is 18.7. The number of benzene rings is 1. The minimum Gasteiger partial charge on any atom is -0.488 e. The van der Waals surface area contributed by atoms with Gasteiger partial charge in [-0.25, -0.2) is 0 Å². The predicted molar refractivity (Wildman–Crippen MR) is 57.3 cm³/mol. The van der Waals surface area contributed by atoms with Gasteiger partial charge >= 0.3 is 0 Å². The Balaban J connectivity index is 2.24. The number of hydrogen-bond acceptors (Lipinski definition) is 3. The van der Waals surface area contributed by atoms with Crippen molar-refractivity contribution < 1.29 is 4.74 Å². The molecule has 0 amide bonds. The first-order valence-corrected chi connectivity index (χ1v) is 5.15. The fourth-order valence-electron chi connectivity index (χ4n) is 1.43. The minimum absolute atomic E-state index is 0.0989. The standard InChI is InChI=1S/C10H9BrN2O/c11-8-2-1-3-9-10(8)14-6-7(13-9)4-5-12/h1-3,7,13H,4,6H2. The number of fused-ring (bicyclic) bond motifs is 1. The first-order chi connectivity index (χ1) is 6.81. The third kappa shape index (κ3) is 1.68. The summed E-state index contributed by atoms with van der Waals surface area (Å²) in [7, 11) is 0. The minimum atomic E-state index is 0.0989. The molecule has 14 heavy (non-hydrogen) atoms. The van der Waals surface area contributed by atoms with Gasteiger partial charge < -0.3 is 10.1 Å². The second-order valence-corrected chi connectivity index (χ2v) is 3.99. The number of nitrogens with one attached hydrogen (secondary N) is 1. The van der Waals surface area contributed by atoms with Crippen LogP contribution in [0, 0.1) is 11.3 Å². The topological polar surface area (TPSA) is 45.0 Å². The molecule has 0 saturated carbocycles. The Hall–Kier alpha value is -1.21. The molecule has 4 heteroatoms. The van der Waals surface area contributed by atoms with Crippen molar-refractivity contribution in [2.45, 2.75) is 12.5 Å². The van der Waals surface area contributed by atoms with Gasteiger partial charge in [-0.1, -0.05) is 6.07 Å². The fraction of sp³-hybridized carbons (Fsp3) is 0.300. The van der Waals surface area contributed by atoms with Gasteiger partial charge in [0.05, 0.1) is 28.7 Å². The molecule has 1 aliphatic rings. The summed E-state index contributed by atoms with van der Waals surface area (Å²) in [6.07, 6.45) is 0.464. The highest BCUT2D eigenvalue weighted by molar-refractivity contribution is 9.10. The van der Waals surface area contributed by atoms with Crippen molar-refractivity contribution in [1.82, 2.24) is 0 Å². The molecule has 0 aromatic heterocycles. The molecule has 0 aliphatic carbocycles. The van der Waals surface area contributed by atoms with E-state index >= 15 is 0 Å². The Labute approximate surface area is 90.8 Å². The van der Waals surface area contributed by atoms with Crippen LogP contribution in [0.5, 0.6) is 5.75 Å². The maximum absolute atomic E-state index is 8.57. The molecular formula is C10H9BrN2O. The highest BCUT2D eigenvalue weighted by Crippen LogP contribution is 2.36. The smallest absolute Gasteiger partial charge is 0.156 e. The van der Waals surface area contributed by atoms with Crippen LogP contribution < -0.4 is 10.1 Å². The van der Waals surface area contributed by atoms with Crippen LogP contribution in [0.1, 0.15) is 6.42 Å². The maximum atomic E-state index is 8.57. The molecule has 0 bridgehead atoms. The number of ether oxygens (including phenoxy) is 1. The summed E-state index contributed by atoms with van der Waals surface area (Å²) >= 11 is 3.41. The van der Waals surface area contributed by atoms with E-state index in [-0.39, 0.29) is 6.04 Å². The summed E-state index contributed by atoms with van der Waals surface area (Å²) in [6, 6.07) is 8.05. The molecule has 1 aliphatic heterocycles. The molecule has 72 valence electrons. The SMILES string of the molecule is N#CCC1COc2c(Br)cccc2N1. The average molecular weight is 253 g/mol. The summed E-state index contributed by atoms with van der Waals surface area (Å²) in [5.41, 5.74) is 0.950. The van der Waals surface area contributed by atoms with Gasteiger partial charge in [0.2, 0.25) is 0 Å². The molecular weight excluding hydrogens is 244 g/mol. The van der Waals surface area contributed by atoms with E-state index in [0.29, 0.717) is 13.0 Å². The maximum Gasteiger partial charge on any atom is 0.156 e. The molecule has 1 aromatic carbocycles. The predicted octanol–water partition coefficient (Wildman–Crippen LogP) is 2.54. The van der Waals surface area contributed by atoms with Crippen molar-refractivity contribution >= 4 is 21.6 Å². The Kier molecular flexibility index (Phi) is 2.60. The van der Waals surface area contributed by atoms with Crippen molar-refractivity contribution in [3.8, 4) is 11.8 Å². The molecule has 0 saturated heterocycles. The summed E-state index contributed by atoms with van der Waals surface area (Å²) in [6.45, 7) is 0.545. The lowest BCUT2D eigenvalue weighted by atomic mass is 10.1. The lowest BCUT2D eigenvalue weighted by Gasteiger charge is -2.26. The monoisotopic (exact) mass is 252 g/mol. The molecule has 3 nitrogen and oxygen atoms in total. The summed E-state index contributed by atoms with van der Waals surface area (Å²) in [5, 5.41) is 11.8. The van der Waals surface area contributed by atoms with Crippen LogP contribution in [0.15, 0.2) is 22.7 Å². The van der Waals surface area contributed by atoms with E-state index in [4.69, 9.17) is 10.00 Å². The van der Waals surface area contributed by atoms with E-state index in [1.165, 1.54) is 0 Å². The van der Waals surface area contributed by atoms with E-state index in [1.807, 2.05) is 18.2 Å². The molecule has 1 unspecified atom stereocenters. The van der Waals surface area contributed by atoms with Crippen molar-refractivity contribution in [3.63, 3.8) is 0 Å². The molecule has 0 radical (unpaired) electrons. The van der Waals surface area contributed by atoms with E-state index in [0.717, 1.165) is 15.9 Å². The number of nitrogens with zero attached hydrogens (tertiary/aromatic N) is 1. The van der Waals surface area contributed by atoms with Gasteiger partial charge in [0.1, 0.15) is 6.61 Å². The third-order valence-electron chi connectivity index (χ3n) is 2.09. The van der Waals surface area contributed by atoms with Crippen molar-refractivity contribution in [1.29, 1.82) is 5.26 Å². The fourth-order valence-corrected chi connectivity index (χ4v) is 1.92. The number of halogens is 1. The van der Waals surface area contributed by atoms with Gasteiger partial charge in [0, 0.05) is 0 Å². The van der Waals surface area contributed by atoms with Gasteiger partial charge in [-0.05, 0) is 28.1 Å². The molecule has 2 rings (SSSR count). The number of rotatable bonds is 1. The van der Waals surface area contributed by atoms with Crippen LogP contribution in [0.2, 0.25) is 0 Å². The lowest BCUT2D eigenvalue weighted by Crippen LogP contribution is -2.31. The molecule has 1 heterocycles. The quantitative estimate of drug-likeness (QED) is 0.836. The van der Waals surface area contributed by atoms with Gasteiger partial charge in [-0.2, -0.15) is 5.26 Å². The van der Waals surface area contributed by atoms with Gasteiger partial charge in [-0.15, -0.1) is 0 Å². The van der Waals surface area contributed by atoms with Crippen LogP contribution >= 0.6 is 15.9 Å². The molecule has 1 atom stereocenters. The van der Waals surface area contributed by atoms with Gasteiger partial charge in [0.25, 0.3) is 0 Å². The van der Waals surface area contributed by atoms with E-state index in [9.17, 15) is 0 Å². The van der Waals surface area contributed by atoms with Crippen LogP contribution in [-0.2, 0) is 0 Å². The highest BCUT2D eigenvalue weighted by Gasteiger charge is 2.19. The van der Waals surface area contributed by atoms with Crippen LogP contribution in [-0.4, -0.2) is 12.6 Å². The Bertz CT molecular complexity index is 386. The van der Waals surface area contributed by atoms with Crippen molar-refractivity contribution in [3.05, 3.63) is 22.7 Å². The van der Waals surface area contributed by atoms with E-state index in [2.05, 4.69) is 27.3 Å². The Morgan fingerprint density at radius 2 is 2.50 bits per heavy atom. The zero-order valence-electron chi connectivity index (χ0n) is 7.46. The van der Waals surface area contributed by atoms with Crippen molar-refractivity contribution in [2.24, 2.45) is 0 Å². The largest absolute Gasteiger partial charge is 0.488 e. The number of hydrogen-bond donors (Lipinski definition) is 1. The lowest BCUT2D eigenvalue weighted by molar-refractivity contribution is 0.284. The summed E-state index contributed by atoms with van der Waals surface area (Å²) < 4.78 is 6.50. The summed E-state index contributed by atoms with van der Waals surface area (Å²) in [4.78, 5) is 0. The second-order valence-electron chi connectivity index (χ2n) is 3.13. The molecule has 1 aromatic rings. The third-order valence-corrected chi connectivity index (χ3v) is 2.72. The first kappa shape index (κ1) is 9.35. The summed E-state index contributed by atoms with van der Waals surface area (Å²) in [5.74, 6) is 0.835.